The minimum atomic E-state index is 0.357. The second-order valence-corrected chi connectivity index (χ2v) is 0.834. The lowest BCUT2D eigenvalue weighted by molar-refractivity contribution is -0.689. The van der Waals surface area contributed by atoms with Crippen LogP contribution >= 0.6 is 12.9 Å². The fraction of sp³-hybridized carbons (Fsp3) is 1.00. The summed E-state index contributed by atoms with van der Waals surface area (Å²) in [5, 5.41) is 11.2. The smallest absolute Gasteiger partial charge is 0.0826 e. The van der Waals surface area contributed by atoms with Crippen LogP contribution in [-0.2, 0) is 24.3 Å². The summed E-state index contributed by atoms with van der Waals surface area (Å²) in [7, 11) is 0. The van der Waals surface area contributed by atoms with Crippen molar-refractivity contribution in [2.45, 2.75) is 6.92 Å². The predicted octanol–water partition coefficient (Wildman–Crippen LogP) is 0.594. The molecule has 0 spiro atoms. The Balaban J connectivity index is 2.53. The van der Waals surface area contributed by atoms with Gasteiger partial charge in [0.15, 0.2) is 0 Å². The van der Waals surface area contributed by atoms with Crippen LogP contribution in [0.4, 0.5) is 0 Å². The van der Waals surface area contributed by atoms with Crippen molar-refractivity contribution in [1.29, 1.82) is 0 Å². The van der Waals surface area contributed by atoms with Crippen molar-refractivity contribution in [3.8, 4) is 0 Å². The van der Waals surface area contributed by atoms with E-state index in [0.717, 1.165) is 0 Å². The number of rotatable bonds is 5. The molecule has 0 fully saturated rings. The van der Waals surface area contributed by atoms with Crippen molar-refractivity contribution in [1.82, 2.24) is 0 Å². The van der Waals surface area contributed by atoms with Crippen molar-refractivity contribution in [3.63, 3.8) is 0 Å². The third-order valence-corrected chi connectivity index (χ3v) is 0.313. The Kier molecular flexibility index (Phi) is 7.28. The van der Waals surface area contributed by atoms with Gasteiger partial charge in [-0.1, -0.05) is 0 Å². The highest BCUT2D eigenvalue weighted by Crippen LogP contribution is 1.85. The van der Waals surface area contributed by atoms with E-state index in [0.29, 0.717) is 6.61 Å². The predicted molar refractivity (Wildman–Crippen MR) is 25.0 cm³/mol. The zero-order chi connectivity index (χ0) is 6.24. The van der Waals surface area contributed by atoms with Gasteiger partial charge in [0.2, 0.25) is 0 Å². The molecule has 0 saturated carbocycles. The lowest BCUT2D eigenvalue weighted by Crippen LogP contribution is -1.94. The van der Waals surface area contributed by atoms with E-state index in [2.05, 4.69) is 37.2 Å². The summed E-state index contributed by atoms with van der Waals surface area (Å²) in [4.78, 5) is 4.17. The molecule has 0 atom stereocenters. The quantitative estimate of drug-likeness (QED) is 0.200. The minimum Gasteiger partial charge on any atom is -0.204 e. The molecule has 0 bridgehead atoms. The van der Waals surface area contributed by atoms with Gasteiger partial charge in [0.25, 0.3) is 0 Å². The lowest BCUT2D eigenvalue weighted by Gasteiger charge is -1.93. The van der Waals surface area contributed by atoms with E-state index in [1.807, 2.05) is 0 Å². The van der Waals surface area contributed by atoms with Crippen LogP contribution in [0.5, 0.6) is 0 Å². The fourth-order valence-electron chi connectivity index (χ4n) is 0.0915. The molecule has 0 aliphatic heterocycles. The molecule has 50 valence electrons. The third kappa shape index (κ3) is 6.15. The van der Waals surface area contributed by atoms with Gasteiger partial charge in [0, 0.05) is 12.9 Å². The number of hydrogen-bond donors (Lipinski definition) is 1. The van der Waals surface area contributed by atoms with Crippen molar-refractivity contribution in [2.75, 3.05) is 6.61 Å². The van der Waals surface area contributed by atoms with Crippen molar-refractivity contribution >= 4 is 12.9 Å². The van der Waals surface area contributed by atoms with Gasteiger partial charge in [0.05, 0.1) is 6.61 Å². The Bertz CT molecular complexity index is 35.4. The molecular formula is C2H6O5S. The SMILES string of the molecule is CCOOOOOS. The fourth-order valence-corrected chi connectivity index (χ4v) is 0.116. The molecular weight excluding hydrogens is 136 g/mol. The number of thiol groups is 1. The van der Waals surface area contributed by atoms with Crippen molar-refractivity contribution in [2.24, 2.45) is 0 Å². The van der Waals surface area contributed by atoms with E-state index in [4.69, 9.17) is 0 Å². The molecule has 0 aliphatic rings. The Morgan fingerprint density at radius 3 is 2.50 bits per heavy atom. The summed E-state index contributed by atoms with van der Waals surface area (Å²) in [6.07, 6.45) is 0. The maximum absolute atomic E-state index is 4.17. The summed E-state index contributed by atoms with van der Waals surface area (Å²) >= 11 is 3.14. The van der Waals surface area contributed by atoms with Gasteiger partial charge in [-0.2, -0.15) is 0 Å². The largest absolute Gasteiger partial charge is 0.204 e. The van der Waals surface area contributed by atoms with Crippen LogP contribution in [-0.4, -0.2) is 6.61 Å². The van der Waals surface area contributed by atoms with Gasteiger partial charge in [-0.15, -0.1) is 4.33 Å². The van der Waals surface area contributed by atoms with Gasteiger partial charge in [-0.3, -0.25) is 0 Å². The Morgan fingerprint density at radius 2 is 2.00 bits per heavy atom. The molecule has 0 amide bonds. The molecule has 0 aromatic carbocycles. The Morgan fingerprint density at radius 1 is 1.25 bits per heavy atom. The van der Waals surface area contributed by atoms with Gasteiger partial charge in [-0.05, 0) is 22.0 Å². The van der Waals surface area contributed by atoms with Gasteiger partial charge < -0.3 is 0 Å². The first-order valence-corrected chi connectivity index (χ1v) is 2.21. The Hall–Kier alpha value is 0.150. The first-order chi connectivity index (χ1) is 3.91. The average Bonchev–Trinajstić information content (AvgIpc) is 1.81. The summed E-state index contributed by atoms with van der Waals surface area (Å²) in [6.45, 7) is 2.07. The summed E-state index contributed by atoms with van der Waals surface area (Å²) in [5.41, 5.74) is 0. The van der Waals surface area contributed by atoms with E-state index in [1.165, 1.54) is 0 Å². The van der Waals surface area contributed by atoms with Crippen LogP contribution in [0, 0.1) is 0 Å². The highest BCUT2D eigenvalue weighted by molar-refractivity contribution is 7.74. The van der Waals surface area contributed by atoms with Crippen LogP contribution in [0.25, 0.3) is 0 Å². The Labute approximate surface area is 51.8 Å². The minimum absolute atomic E-state index is 0.357. The van der Waals surface area contributed by atoms with Crippen LogP contribution in [0.2, 0.25) is 0 Å². The summed E-state index contributed by atoms with van der Waals surface area (Å²) < 4.78 is 3.66. The summed E-state index contributed by atoms with van der Waals surface area (Å²) in [5.74, 6) is 0. The molecule has 0 unspecified atom stereocenters. The number of hydrogen-bond acceptors (Lipinski definition) is 6. The molecule has 5 nitrogen and oxygen atoms in total. The maximum atomic E-state index is 4.17. The van der Waals surface area contributed by atoms with Crippen molar-refractivity contribution < 1.29 is 24.3 Å². The molecule has 0 saturated heterocycles. The zero-order valence-electron chi connectivity index (χ0n) is 4.20. The van der Waals surface area contributed by atoms with Gasteiger partial charge >= 0.3 is 0 Å². The van der Waals surface area contributed by atoms with E-state index in [9.17, 15) is 0 Å². The van der Waals surface area contributed by atoms with Gasteiger partial charge in [-0.25, -0.2) is 4.89 Å². The summed E-state index contributed by atoms with van der Waals surface area (Å²) in [6, 6.07) is 0. The van der Waals surface area contributed by atoms with Crippen molar-refractivity contribution in [3.05, 3.63) is 0 Å². The zero-order valence-corrected chi connectivity index (χ0v) is 5.09. The first kappa shape index (κ1) is 8.15. The van der Waals surface area contributed by atoms with Crippen LogP contribution in [0.3, 0.4) is 0 Å². The third-order valence-electron chi connectivity index (χ3n) is 0.252. The lowest BCUT2D eigenvalue weighted by atomic mass is 10.9. The van der Waals surface area contributed by atoms with E-state index in [1.54, 1.807) is 6.92 Å². The van der Waals surface area contributed by atoms with E-state index >= 15 is 0 Å². The first-order valence-electron chi connectivity index (χ1n) is 1.85. The molecule has 0 radical (unpaired) electrons. The molecule has 0 aromatic heterocycles. The van der Waals surface area contributed by atoms with Crippen LogP contribution in [0.15, 0.2) is 0 Å². The topological polar surface area (TPSA) is 46.2 Å². The normalized spacial score (nSPS) is 9.75. The standard InChI is InChI=1S/C2H6O5S/c1-2-3-4-5-6-7-8/h8H,2H2,1H3. The molecule has 0 N–H and O–H groups in total. The van der Waals surface area contributed by atoms with E-state index < -0.39 is 0 Å². The average molecular weight is 142 g/mol. The second kappa shape index (κ2) is 7.15. The second-order valence-electron chi connectivity index (χ2n) is 0.685. The van der Waals surface area contributed by atoms with Gasteiger partial charge in [0.1, 0.15) is 0 Å². The molecule has 0 heterocycles. The monoisotopic (exact) mass is 142 g/mol. The molecule has 0 aromatic rings. The van der Waals surface area contributed by atoms with Crippen LogP contribution < -0.4 is 0 Å². The maximum Gasteiger partial charge on any atom is 0.0826 e. The molecule has 8 heavy (non-hydrogen) atoms. The highest BCUT2D eigenvalue weighted by atomic mass is 32.1. The van der Waals surface area contributed by atoms with E-state index in [-0.39, 0.29) is 0 Å². The van der Waals surface area contributed by atoms with Crippen LogP contribution in [0.1, 0.15) is 6.92 Å². The highest BCUT2D eigenvalue weighted by Gasteiger charge is 1.84. The molecule has 0 rings (SSSR count). The molecule has 6 heteroatoms. The molecule has 0 aliphatic carbocycles.